The Balaban J connectivity index is 1.27. The fourth-order valence-electron chi connectivity index (χ4n) is 4.78. The average molecular weight is 448 g/mol. The van der Waals surface area contributed by atoms with Gasteiger partial charge in [-0.2, -0.15) is 5.26 Å². The van der Waals surface area contributed by atoms with Gasteiger partial charge in [0, 0.05) is 23.4 Å². The van der Waals surface area contributed by atoms with Gasteiger partial charge in [-0.15, -0.1) is 0 Å². The minimum Gasteiger partial charge on any atom is -0.356 e. The zero-order valence-corrected chi connectivity index (χ0v) is 18.5. The molecular weight excluding hydrogens is 418 g/mol. The summed E-state index contributed by atoms with van der Waals surface area (Å²) in [6.45, 7) is 0.600. The van der Waals surface area contributed by atoms with Crippen LogP contribution in [0, 0.1) is 23.2 Å². The van der Waals surface area contributed by atoms with Crippen LogP contribution in [0.5, 0.6) is 0 Å². The van der Waals surface area contributed by atoms with Gasteiger partial charge in [-0.1, -0.05) is 25.0 Å². The number of amides is 3. The van der Waals surface area contributed by atoms with Gasteiger partial charge in [0.2, 0.25) is 11.8 Å². The second kappa shape index (κ2) is 8.89. The molecule has 8 heteroatoms. The third-order valence-corrected chi connectivity index (χ3v) is 7.00. The predicted molar refractivity (Wildman–Crippen MR) is 122 cm³/mol. The number of fused-ring (bicyclic) bond motifs is 1. The molecule has 1 aromatic carbocycles. The Hall–Kier alpha value is -3.34. The van der Waals surface area contributed by atoms with E-state index in [-0.39, 0.29) is 30.1 Å². The molecule has 172 valence electrons. The van der Waals surface area contributed by atoms with Crippen LogP contribution in [0.3, 0.4) is 0 Å². The second-order valence-electron chi connectivity index (χ2n) is 9.67. The monoisotopic (exact) mass is 447 g/mol. The standard InChI is InChI=1S/C25H29N5O3/c26-13-17(11-16-8-9-27-23(16)31)28-24(32)21(10-14-4-5-14)30-25(33)22-12-19-18(15-6-7-15)2-1-3-20(19)29-22/h1-3,12,14-17,21,29H,4-11H2,(H,27,31)(H,28,32)(H,30,33)/t16-,17?,21?/m0/s1. The molecule has 2 unspecified atom stereocenters. The van der Waals surface area contributed by atoms with Crippen molar-refractivity contribution in [1.29, 1.82) is 5.26 Å². The van der Waals surface area contributed by atoms with E-state index in [9.17, 15) is 19.6 Å². The Morgan fingerprint density at radius 2 is 1.94 bits per heavy atom. The maximum atomic E-state index is 13.1. The summed E-state index contributed by atoms with van der Waals surface area (Å²) < 4.78 is 0. The Kier molecular flexibility index (Phi) is 5.79. The first kappa shape index (κ1) is 21.5. The fourth-order valence-corrected chi connectivity index (χ4v) is 4.78. The van der Waals surface area contributed by atoms with E-state index in [0.29, 0.717) is 36.9 Å². The van der Waals surface area contributed by atoms with Crippen LogP contribution in [0.2, 0.25) is 0 Å². The van der Waals surface area contributed by atoms with E-state index in [1.807, 2.05) is 18.2 Å². The number of hydrogen-bond acceptors (Lipinski definition) is 4. The van der Waals surface area contributed by atoms with Crippen molar-refractivity contribution >= 4 is 28.6 Å². The largest absolute Gasteiger partial charge is 0.356 e. The van der Waals surface area contributed by atoms with E-state index < -0.39 is 12.1 Å². The van der Waals surface area contributed by atoms with Crippen LogP contribution in [0.1, 0.15) is 66.9 Å². The van der Waals surface area contributed by atoms with Crippen molar-refractivity contribution in [3.05, 3.63) is 35.5 Å². The summed E-state index contributed by atoms with van der Waals surface area (Å²) in [5.41, 5.74) is 2.63. The summed E-state index contributed by atoms with van der Waals surface area (Å²) in [4.78, 5) is 41.1. The maximum Gasteiger partial charge on any atom is 0.268 e. The van der Waals surface area contributed by atoms with Crippen molar-refractivity contribution in [3.63, 3.8) is 0 Å². The highest BCUT2D eigenvalue weighted by molar-refractivity contribution is 6.01. The molecule has 5 rings (SSSR count). The van der Waals surface area contributed by atoms with Crippen LogP contribution in [-0.2, 0) is 9.59 Å². The zero-order chi connectivity index (χ0) is 22.9. The molecule has 1 aliphatic heterocycles. The van der Waals surface area contributed by atoms with E-state index in [0.717, 1.165) is 23.7 Å². The molecule has 1 aromatic heterocycles. The lowest BCUT2D eigenvalue weighted by Crippen LogP contribution is -2.50. The van der Waals surface area contributed by atoms with Gasteiger partial charge >= 0.3 is 0 Å². The van der Waals surface area contributed by atoms with Gasteiger partial charge in [0.1, 0.15) is 17.8 Å². The first-order valence-corrected chi connectivity index (χ1v) is 11.9. The molecule has 3 aliphatic rings. The lowest BCUT2D eigenvalue weighted by Gasteiger charge is -2.21. The molecule has 8 nitrogen and oxygen atoms in total. The fraction of sp³-hybridized carbons (Fsp3) is 0.520. The number of aromatic amines is 1. The Morgan fingerprint density at radius 3 is 2.61 bits per heavy atom. The predicted octanol–water partition coefficient (Wildman–Crippen LogP) is 2.48. The number of carbonyl (C=O) groups excluding carboxylic acids is 3. The summed E-state index contributed by atoms with van der Waals surface area (Å²) in [5, 5.41) is 19.0. The molecule has 2 aliphatic carbocycles. The molecule has 0 bridgehead atoms. The molecule has 2 heterocycles. The maximum absolute atomic E-state index is 13.1. The summed E-state index contributed by atoms with van der Waals surface area (Å²) >= 11 is 0. The van der Waals surface area contributed by atoms with Crippen molar-refractivity contribution in [1.82, 2.24) is 20.9 Å². The molecule has 4 N–H and O–H groups in total. The Morgan fingerprint density at radius 1 is 1.12 bits per heavy atom. The number of hydrogen-bond donors (Lipinski definition) is 4. The number of carbonyl (C=O) groups is 3. The van der Waals surface area contributed by atoms with Gasteiger partial charge in [0.05, 0.1) is 6.07 Å². The summed E-state index contributed by atoms with van der Waals surface area (Å²) in [7, 11) is 0. The van der Waals surface area contributed by atoms with Crippen molar-refractivity contribution in [2.24, 2.45) is 11.8 Å². The first-order valence-electron chi connectivity index (χ1n) is 11.9. The molecule has 3 atom stereocenters. The summed E-state index contributed by atoms with van der Waals surface area (Å²) in [6, 6.07) is 8.58. The normalized spacial score (nSPS) is 21.8. The van der Waals surface area contributed by atoms with Crippen LogP contribution < -0.4 is 16.0 Å². The van der Waals surface area contributed by atoms with E-state index in [4.69, 9.17) is 0 Å². The molecule has 3 amide bonds. The van der Waals surface area contributed by atoms with E-state index in [2.05, 4.69) is 33.1 Å². The molecule has 33 heavy (non-hydrogen) atoms. The SMILES string of the molecule is N#CC(C[C@@H]1CCNC1=O)NC(=O)C(CC1CC1)NC(=O)c1cc2c(C3CC3)cccc2[nH]1. The highest BCUT2D eigenvalue weighted by Crippen LogP contribution is 2.43. The quantitative estimate of drug-likeness (QED) is 0.471. The van der Waals surface area contributed by atoms with Gasteiger partial charge in [-0.05, 0) is 61.6 Å². The van der Waals surface area contributed by atoms with Crippen molar-refractivity contribution in [2.75, 3.05) is 6.54 Å². The highest BCUT2D eigenvalue weighted by Gasteiger charge is 2.34. The molecule has 2 aromatic rings. The summed E-state index contributed by atoms with van der Waals surface area (Å²) in [5.74, 6) is -0.0485. The van der Waals surface area contributed by atoms with E-state index in [1.165, 1.54) is 18.4 Å². The summed E-state index contributed by atoms with van der Waals surface area (Å²) in [6.07, 6.45) is 5.94. The number of rotatable bonds is 9. The van der Waals surface area contributed by atoms with Crippen molar-refractivity contribution in [2.45, 2.75) is 62.9 Å². The molecule has 0 spiro atoms. The topological polar surface area (TPSA) is 127 Å². The van der Waals surface area contributed by atoms with Gasteiger partial charge in [-0.25, -0.2) is 0 Å². The lowest BCUT2D eigenvalue weighted by molar-refractivity contribution is -0.125. The molecule has 0 radical (unpaired) electrons. The third kappa shape index (κ3) is 4.87. The Labute approximate surface area is 192 Å². The van der Waals surface area contributed by atoms with Crippen LogP contribution in [0.25, 0.3) is 10.9 Å². The third-order valence-electron chi connectivity index (χ3n) is 7.00. The van der Waals surface area contributed by atoms with Gasteiger partial charge in [-0.3, -0.25) is 14.4 Å². The number of nitrogens with one attached hydrogen (secondary N) is 4. The minimum atomic E-state index is -0.765. The van der Waals surface area contributed by atoms with Crippen LogP contribution in [-0.4, -0.2) is 41.3 Å². The lowest BCUT2D eigenvalue weighted by atomic mass is 9.98. The number of aromatic nitrogens is 1. The van der Waals surface area contributed by atoms with Crippen LogP contribution in [0.4, 0.5) is 0 Å². The van der Waals surface area contributed by atoms with E-state index in [1.54, 1.807) is 0 Å². The smallest absolute Gasteiger partial charge is 0.268 e. The number of H-pyrrole nitrogens is 1. The first-order chi connectivity index (χ1) is 16.0. The molecule has 1 saturated heterocycles. The molecule has 3 fully saturated rings. The highest BCUT2D eigenvalue weighted by atomic mass is 16.2. The minimum absolute atomic E-state index is 0.0725. The second-order valence-corrected chi connectivity index (χ2v) is 9.67. The van der Waals surface area contributed by atoms with Gasteiger partial charge in [0.15, 0.2) is 0 Å². The van der Waals surface area contributed by atoms with E-state index >= 15 is 0 Å². The van der Waals surface area contributed by atoms with Gasteiger partial charge in [0.25, 0.3) is 5.91 Å². The van der Waals surface area contributed by atoms with Gasteiger partial charge < -0.3 is 20.9 Å². The van der Waals surface area contributed by atoms with Crippen LogP contribution in [0.15, 0.2) is 24.3 Å². The Bertz CT molecular complexity index is 1120. The average Bonchev–Trinajstić information content (AvgIpc) is 3.73. The van der Waals surface area contributed by atoms with Crippen molar-refractivity contribution < 1.29 is 14.4 Å². The number of benzene rings is 1. The zero-order valence-electron chi connectivity index (χ0n) is 18.5. The molecule has 2 saturated carbocycles. The van der Waals surface area contributed by atoms with Crippen molar-refractivity contribution in [3.8, 4) is 6.07 Å². The number of nitriles is 1. The molecular formula is C25H29N5O3. The number of nitrogens with zero attached hydrogens (tertiary/aromatic N) is 1. The van der Waals surface area contributed by atoms with Crippen LogP contribution >= 0.6 is 0 Å².